The average Bonchev–Trinajstić information content (AvgIpc) is 2.82. The molecule has 0 aliphatic rings. The lowest BCUT2D eigenvalue weighted by atomic mass is 10.1. The van der Waals surface area contributed by atoms with Gasteiger partial charge in [0, 0.05) is 26.3 Å². The molecule has 0 unspecified atom stereocenters. The zero-order valence-electron chi connectivity index (χ0n) is 10.3. The SMILES string of the molecule is Cn1nccc1C(=O)NCc1ccccc1CN. The highest BCUT2D eigenvalue weighted by Gasteiger charge is 2.09. The maximum atomic E-state index is 11.9. The molecule has 94 valence electrons. The lowest BCUT2D eigenvalue weighted by Gasteiger charge is -2.09. The van der Waals surface area contributed by atoms with Gasteiger partial charge in [0.05, 0.1) is 0 Å². The number of nitrogens with one attached hydrogen (secondary N) is 1. The first kappa shape index (κ1) is 12.3. The highest BCUT2D eigenvalue weighted by Crippen LogP contribution is 2.07. The zero-order chi connectivity index (χ0) is 13.0. The first-order chi connectivity index (χ1) is 8.72. The van der Waals surface area contributed by atoms with Crippen molar-refractivity contribution in [2.24, 2.45) is 12.8 Å². The number of aryl methyl sites for hydroxylation is 1. The predicted octanol–water partition coefficient (Wildman–Crippen LogP) is 0.809. The second kappa shape index (κ2) is 5.46. The van der Waals surface area contributed by atoms with Gasteiger partial charge in [-0.1, -0.05) is 24.3 Å². The van der Waals surface area contributed by atoms with Crippen molar-refractivity contribution < 1.29 is 4.79 Å². The molecular weight excluding hydrogens is 228 g/mol. The van der Waals surface area contributed by atoms with E-state index in [0.29, 0.717) is 18.8 Å². The Morgan fingerprint density at radius 1 is 1.33 bits per heavy atom. The van der Waals surface area contributed by atoms with Crippen molar-refractivity contribution in [3.63, 3.8) is 0 Å². The van der Waals surface area contributed by atoms with Gasteiger partial charge in [0.2, 0.25) is 0 Å². The van der Waals surface area contributed by atoms with Crippen LogP contribution in [0.5, 0.6) is 0 Å². The van der Waals surface area contributed by atoms with Crippen LogP contribution < -0.4 is 11.1 Å². The topological polar surface area (TPSA) is 72.9 Å². The second-order valence-corrected chi connectivity index (χ2v) is 4.00. The Morgan fingerprint density at radius 3 is 2.67 bits per heavy atom. The van der Waals surface area contributed by atoms with Crippen LogP contribution >= 0.6 is 0 Å². The molecule has 1 heterocycles. The number of amides is 1. The minimum absolute atomic E-state index is 0.137. The van der Waals surface area contributed by atoms with Gasteiger partial charge < -0.3 is 11.1 Å². The minimum atomic E-state index is -0.137. The van der Waals surface area contributed by atoms with Gasteiger partial charge in [-0.25, -0.2) is 0 Å². The molecule has 1 aromatic carbocycles. The van der Waals surface area contributed by atoms with Crippen LogP contribution in [0.1, 0.15) is 21.6 Å². The van der Waals surface area contributed by atoms with E-state index >= 15 is 0 Å². The highest BCUT2D eigenvalue weighted by atomic mass is 16.2. The molecule has 5 nitrogen and oxygen atoms in total. The maximum absolute atomic E-state index is 11.9. The Morgan fingerprint density at radius 2 is 2.06 bits per heavy atom. The molecule has 0 atom stereocenters. The Bertz CT molecular complexity index is 547. The van der Waals surface area contributed by atoms with Gasteiger partial charge in [0.15, 0.2) is 0 Å². The van der Waals surface area contributed by atoms with Gasteiger partial charge in [-0.2, -0.15) is 5.10 Å². The van der Waals surface area contributed by atoms with E-state index in [1.165, 1.54) is 0 Å². The molecular formula is C13H16N4O. The standard InChI is InChI=1S/C13H16N4O/c1-17-12(6-7-16-17)13(18)15-9-11-5-3-2-4-10(11)8-14/h2-7H,8-9,14H2,1H3,(H,15,18). The third kappa shape index (κ3) is 2.57. The van der Waals surface area contributed by atoms with Crippen molar-refractivity contribution in [3.8, 4) is 0 Å². The summed E-state index contributed by atoms with van der Waals surface area (Å²) in [5, 5.41) is 6.82. The number of nitrogens with two attached hydrogens (primary N) is 1. The van der Waals surface area contributed by atoms with Gasteiger partial charge in [-0.15, -0.1) is 0 Å². The van der Waals surface area contributed by atoms with Crippen LogP contribution in [0.15, 0.2) is 36.5 Å². The molecule has 18 heavy (non-hydrogen) atoms. The summed E-state index contributed by atoms with van der Waals surface area (Å²) < 4.78 is 1.55. The fourth-order valence-corrected chi connectivity index (χ4v) is 1.79. The number of hydrogen-bond donors (Lipinski definition) is 2. The van der Waals surface area contributed by atoms with Crippen molar-refractivity contribution in [2.45, 2.75) is 13.1 Å². The molecule has 5 heteroatoms. The van der Waals surface area contributed by atoms with E-state index in [9.17, 15) is 4.79 Å². The quantitative estimate of drug-likeness (QED) is 0.836. The summed E-state index contributed by atoms with van der Waals surface area (Å²) in [6.45, 7) is 0.940. The average molecular weight is 244 g/mol. The van der Waals surface area contributed by atoms with E-state index in [4.69, 9.17) is 5.73 Å². The summed E-state index contributed by atoms with van der Waals surface area (Å²) in [5.74, 6) is -0.137. The van der Waals surface area contributed by atoms with Gasteiger partial charge in [0.1, 0.15) is 5.69 Å². The smallest absolute Gasteiger partial charge is 0.269 e. The summed E-state index contributed by atoms with van der Waals surface area (Å²) in [6.07, 6.45) is 1.60. The summed E-state index contributed by atoms with van der Waals surface area (Å²) >= 11 is 0. The molecule has 3 N–H and O–H groups in total. The van der Waals surface area contributed by atoms with Gasteiger partial charge in [-0.05, 0) is 17.2 Å². The minimum Gasteiger partial charge on any atom is -0.347 e. The van der Waals surface area contributed by atoms with Crippen molar-refractivity contribution >= 4 is 5.91 Å². The molecule has 0 spiro atoms. The summed E-state index contributed by atoms with van der Waals surface area (Å²) in [7, 11) is 1.74. The van der Waals surface area contributed by atoms with E-state index < -0.39 is 0 Å². The lowest BCUT2D eigenvalue weighted by Crippen LogP contribution is -2.25. The molecule has 0 radical (unpaired) electrons. The number of nitrogens with zero attached hydrogens (tertiary/aromatic N) is 2. The van der Waals surface area contributed by atoms with E-state index in [-0.39, 0.29) is 5.91 Å². The van der Waals surface area contributed by atoms with Gasteiger partial charge in [-0.3, -0.25) is 9.48 Å². The van der Waals surface area contributed by atoms with Crippen LogP contribution in [0.25, 0.3) is 0 Å². The van der Waals surface area contributed by atoms with Crippen LogP contribution in [0, 0.1) is 0 Å². The second-order valence-electron chi connectivity index (χ2n) is 4.00. The lowest BCUT2D eigenvalue weighted by molar-refractivity contribution is 0.0941. The summed E-state index contributed by atoms with van der Waals surface area (Å²) in [5.41, 5.74) is 8.27. The third-order valence-corrected chi connectivity index (χ3v) is 2.83. The highest BCUT2D eigenvalue weighted by molar-refractivity contribution is 5.92. The number of carbonyl (C=O) groups is 1. The van der Waals surface area contributed by atoms with Crippen LogP contribution in [-0.4, -0.2) is 15.7 Å². The summed E-state index contributed by atoms with van der Waals surface area (Å²) in [4.78, 5) is 11.9. The number of aromatic nitrogens is 2. The first-order valence-corrected chi connectivity index (χ1v) is 5.75. The fraction of sp³-hybridized carbons (Fsp3) is 0.231. The molecule has 1 amide bonds. The van der Waals surface area contributed by atoms with Crippen molar-refractivity contribution in [2.75, 3.05) is 0 Å². The number of rotatable bonds is 4. The van der Waals surface area contributed by atoms with E-state index in [0.717, 1.165) is 11.1 Å². The van der Waals surface area contributed by atoms with Crippen molar-refractivity contribution in [1.82, 2.24) is 15.1 Å². The maximum Gasteiger partial charge on any atom is 0.269 e. The molecule has 2 aromatic rings. The molecule has 1 aromatic heterocycles. The molecule has 0 saturated carbocycles. The Hall–Kier alpha value is -2.14. The number of hydrogen-bond acceptors (Lipinski definition) is 3. The van der Waals surface area contributed by atoms with Crippen molar-refractivity contribution in [1.29, 1.82) is 0 Å². The first-order valence-electron chi connectivity index (χ1n) is 5.75. The van der Waals surface area contributed by atoms with Crippen molar-refractivity contribution in [3.05, 3.63) is 53.3 Å². The summed E-state index contributed by atoms with van der Waals surface area (Å²) in [6, 6.07) is 9.49. The largest absolute Gasteiger partial charge is 0.347 e. The van der Waals surface area contributed by atoms with Crippen LogP contribution in [0.2, 0.25) is 0 Å². The fourth-order valence-electron chi connectivity index (χ4n) is 1.79. The van der Waals surface area contributed by atoms with Gasteiger partial charge in [0.25, 0.3) is 5.91 Å². The number of benzene rings is 1. The monoisotopic (exact) mass is 244 g/mol. The number of carbonyl (C=O) groups excluding carboxylic acids is 1. The Kier molecular flexibility index (Phi) is 3.74. The predicted molar refractivity (Wildman–Crippen MR) is 68.7 cm³/mol. The molecule has 0 aliphatic heterocycles. The zero-order valence-corrected chi connectivity index (χ0v) is 10.3. The van der Waals surface area contributed by atoms with E-state index in [1.807, 2.05) is 24.3 Å². The van der Waals surface area contributed by atoms with E-state index in [1.54, 1.807) is 24.0 Å². The molecule has 0 fully saturated rings. The molecule has 0 bridgehead atoms. The van der Waals surface area contributed by atoms with Gasteiger partial charge >= 0.3 is 0 Å². The van der Waals surface area contributed by atoms with E-state index in [2.05, 4.69) is 10.4 Å². The normalized spacial score (nSPS) is 10.3. The van der Waals surface area contributed by atoms with Crippen LogP contribution in [-0.2, 0) is 20.1 Å². The Balaban J connectivity index is 2.04. The molecule has 2 rings (SSSR count). The van der Waals surface area contributed by atoms with Crippen LogP contribution in [0.3, 0.4) is 0 Å². The Labute approximate surface area is 106 Å². The molecule has 0 saturated heterocycles. The van der Waals surface area contributed by atoms with Crippen LogP contribution in [0.4, 0.5) is 0 Å². The molecule has 0 aliphatic carbocycles. The third-order valence-electron chi connectivity index (χ3n) is 2.83.